The number of carbonyl (C=O) groups excluding carboxylic acids is 2. The number of benzene rings is 1. The summed E-state index contributed by atoms with van der Waals surface area (Å²) in [7, 11) is 0. The summed E-state index contributed by atoms with van der Waals surface area (Å²) in [5.41, 5.74) is 2.01. The molecule has 1 N–H and O–H groups in total. The Balaban J connectivity index is 1.60. The number of aryl methyl sites for hydroxylation is 1. The minimum Gasteiger partial charge on any atom is -0.337 e. The number of hydrogen-bond donors (Lipinski definition) is 1. The lowest BCUT2D eigenvalue weighted by Crippen LogP contribution is -2.53. The van der Waals surface area contributed by atoms with E-state index in [-0.39, 0.29) is 17.7 Å². The maximum atomic E-state index is 12.2. The number of thiazole rings is 1. The van der Waals surface area contributed by atoms with Crippen molar-refractivity contribution in [1.29, 1.82) is 0 Å². The molecule has 0 spiro atoms. The maximum absolute atomic E-state index is 12.2. The van der Waals surface area contributed by atoms with Gasteiger partial charge in [-0.3, -0.25) is 9.59 Å². The minimum absolute atomic E-state index is 0.101. The Hall–Kier alpha value is -2.18. The van der Waals surface area contributed by atoms with Crippen molar-refractivity contribution in [2.45, 2.75) is 13.3 Å². The third-order valence-electron chi connectivity index (χ3n) is 4.12. The molecule has 0 aliphatic carbocycles. The molecule has 0 atom stereocenters. The predicted molar refractivity (Wildman–Crippen MR) is 100 cm³/mol. The smallest absolute Gasteiger partial charge is 0.246 e. The Morgan fingerprint density at radius 3 is 2.92 bits per heavy atom. The van der Waals surface area contributed by atoms with Crippen molar-refractivity contribution < 1.29 is 9.59 Å². The molecule has 1 saturated heterocycles. The molecule has 0 saturated carbocycles. The average Bonchev–Trinajstić information content (AvgIpc) is 2.85. The molecule has 2 amide bonds. The molecule has 0 unspecified atom stereocenters. The Morgan fingerprint density at radius 1 is 1.48 bits per heavy atom. The fourth-order valence-electron chi connectivity index (χ4n) is 2.64. The molecule has 5 nitrogen and oxygen atoms in total. The van der Waals surface area contributed by atoms with Gasteiger partial charge in [-0.1, -0.05) is 30.3 Å². The van der Waals surface area contributed by atoms with Crippen molar-refractivity contribution in [2.75, 3.05) is 18.4 Å². The number of rotatable bonds is 5. The van der Waals surface area contributed by atoms with Gasteiger partial charge in [0.15, 0.2) is 5.13 Å². The highest BCUT2D eigenvalue weighted by Crippen LogP contribution is 2.27. The standard InChI is InChI=1S/C18H18ClN3O2S/c1-3-16(23)22-9-13(10-22)17(24)21-18-20-11(2)15(25-18)8-12-5-4-6-14(19)7-12/h3-7,13H,1,8-10H2,2H3,(H,20,21,24). The monoisotopic (exact) mass is 375 g/mol. The number of aromatic nitrogens is 1. The van der Waals surface area contributed by atoms with Gasteiger partial charge in [0.1, 0.15) is 0 Å². The summed E-state index contributed by atoms with van der Waals surface area (Å²) in [6.45, 7) is 6.23. The molecular formula is C18H18ClN3O2S. The molecule has 2 heterocycles. The van der Waals surface area contributed by atoms with E-state index in [1.807, 2.05) is 31.2 Å². The van der Waals surface area contributed by atoms with Gasteiger partial charge in [0.05, 0.1) is 11.6 Å². The van der Waals surface area contributed by atoms with Gasteiger partial charge in [-0.15, -0.1) is 11.3 Å². The van der Waals surface area contributed by atoms with Gasteiger partial charge in [0.2, 0.25) is 11.8 Å². The van der Waals surface area contributed by atoms with E-state index >= 15 is 0 Å². The second-order valence-electron chi connectivity index (χ2n) is 5.97. The van der Waals surface area contributed by atoms with Crippen LogP contribution in [0.5, 0.6) is 0 Å². The quantitative estimate of drug-likeness (QED) is 0.816. The van der Waals surface area contributed by atoms with Gasteiger partial charge in [-0.2, -0.15) is 0 Å². The van der Waals surface area contributed by atoms with Crippen LogP contribution in [-0.2, 0) is 16.0 Å². The summed E-state index contributed by atoms with van der Waals surface area (Å²) in [4.78, 5) is 30.8. The molecule has 1 fully saturated rings. The summed E-state index contributed by atoms with van der Waals surface area (Å²) >= 11 is 7.49. The molecule has 130 valence electrons. The second kappa shape index (κ2) is 7.37. The van der Waals surface area contributed by atoms with Crippen molar-refractivity contribution in [2.24, 2.45) is 5.92 Å². The van der Waals surface area contributed by atoms with Crippen LogP contribution < -0.4 is 5.32 Å². The SMILES string of the molecule is C=CC(=O)N1CC(C(=O)Nc2nc(C)c(Cc3cccc(Cl)c3)s2)C1. The van der Waals surface area contributed by atoms with Crippen LogP contribution in [0.15, 0.2) is 36.9 Å². The van der Waals surface area contributed by atoms with E-state index in [0.717, 1.165) is 22.6 Å². The van der Waals surface area contributed by atoms with E-state index in [2.05, 4.69) is 16.9 Å². The van der Waals surface area contributed by atoms with E-state index in [1.54, 1.807) is 4.90 Å². The number of halogens is 1. The van der Waals surface area contributed by atoms with E-state index in [0.29, 0.717) is 23.2 Å². The summed E-state index contributed by atoms with van der Waals surface area (Å²) in [5, 5.41) is 4.15. The van der Waals surface area contributed by atoms with Crippen LogP contribution in [0.2, 0.25) is 5.02 Å². The van der Waals surface area contributed by atoms with E-state index in [9.17, 15) is 9.59 Å². The van der Waals surface area contributed by atoms with Gasteiger partial charge < -0.3 is 10.2 Å². The van der Waals surface area contributed by atoms with Gasteiger partial charge in [-0.05, 0) is 30.7 Å². The summed E-state index contributed by atoms with van der Waals surface area (Å²) < 4.78 is 0. The Morgan fingerprint density at radius 2 is 2.24 bits per heavy atom. The van der Waals surface area contributed by atoms with Crippen LogP contribution in [0.4, 0.5) is 5.13 Å². The first kappa shape index (κ1) is 17.6. The van der Waals surface area contributed by atoms with E-state index in [4.69, 9.17) is 11.6 Å². The van der Waals surface area contributed by atoms with Crippen molar-refractivity contribution in [3.8, 4) is 0 Å². The highest BCUT2D eigenvalue weighted by Gasteiger charge is 2.35. The molecular weight excluding hydrogens is 358 g/mol. The molecule has 7 heteroatoms. The number of likely N-dealkylation sites (tertiary alicyclic amines) is 1. The van der Waals surface area contributed by atoms with Crippen molar-refractivity contribution in [3.63, 3.8) is 0 Å². The predicted octanol–water partition coefficient (Wildman–Crippen LogP) is 3.28. The zero-order valence-electron chi connectivity index (χ0n) is 13.8. The highest BCUT2D eigenvalue weighted by atomic mass is 35.5. The summed E-state index contributed by atoms with van der Waals surface area (Å²) in [6, 6.07) is 7.71. The van der Waals surface area contributed by atoms with Crippen LogP contribution in [-0.4, -0.2) is 34.8 Å². The lowest BCUT2D eigenvalue weighted by Gasteiger charge is -2.37. The zero-order chi connectivity index (χ0) is 18.0. The zero-order valence-corrected chi connectivity index (χ0v) is 15.4. The van der Waals surface area contributed by atoms with E-state index in [1.165, 1.54) is 17.4 Å². The van der Waals surface area contributed by atoms with Gasteiger partial charge >= 0.3 is 0 Å². The average molecular weight is 376 g/mol. The first-order valence-electron chi connectivity index (χ1n) is 7.89. The lowest BCUT2D eigenvalue weighted by molar-refractivity contribution is -0.137. The van der Waals surface area contributed by atoms with Gasteiger partial charge in [-0.25, -0.2) is 4.98 Å². The fraction of sp³-hybridized carbons (Fsp3) is 0.278. The molecule has 25 heavy (non-hydrogen) atoms. The normalized spacial score (nSPS) is 14.1. The molecule has 3 rings (SSSR count). The number of anilines is 1. The Labute approximate surface area is 155 Å². The van der Waals surface area contributed by atoms with Crippen LogP contribution in [0.25, 0.3) is 0 Å². The Kier molecular flexibility index (Phi) is 5.20. The highest BCUT2D eigenvalue weighted by molar-refractivity contribution is 7.15. The summed E-state index contributed by atoms with van der Waals surface area (Å²) in [5.74, 6) is -0.432. The number of nitrogens with zero attached hydrogens (tertiary/aromatic N) is 2. The van der Waals surface area contributed by atoms with Crippen molar-refractivity contribution in [1.82, 2.24) is 9.88 Å². The molecule has 1 aliphatic rings. The van der Waals surface area contributed by atoms with Crippen LogP contribution in [0.3, 0.4) is 0 Å². The van der Waals surface area contributed by atoms with Crippen LogP contribution in [0.1, 0.15) is 16.1 Å². The third-order valence-corrected chi connectivity index (χ3v) is 5.42. The van der Waals surface area contributed by atoms with Crippen LogP contribution >= 0.6 is 22.9 Å². The second-order valence-corrected chi connectivity index (χ2v) is 7.49. The molecule has 0 bridgehead atoms. The largest absolute Gasteiger partial charge is 0.337 e. The number of nitrogens with one attached hydrogen (secondary N) is 1. The first-order chi connectivity index (χ1) is 12.0. The minimum atomic E-state index is -0.190. The fourth-order valence-corrected chi connectivity index (χ4v) is 3.85. The van der Waals surface area contributed by atoms with Crippen LogP contribution in [0, 0.1) is 12.8 Å². The van der Waals surface area contributed by atoms with E-state index < -0.39 is 0 Å². The topological polar surface area (TPSA) is 62.3 Å². The van der Waals surface area contributed by atoms with Gasteiger partial charge in [0, 0.05) is 29.4 Å². The van der Waals surface area contributed by atoms with Gasteiger partial charge in [0.25, 0.3) is 0 Å². The molecule has 1 aromatic heterocycles. The van der Waals surface area contributed by atoms with Crippen molar-refractivity contribution >= 4 is 39.9 Å². The number of amides is 2. The first-order valence-corrected chi connectivity index (χ1v) is 9.08. The number of hydrogen-bond acceptors (Lipinski definition) is 4. The van der Waals surface area contributed by atoms with Crippen molar-refractivity contribution in [3.05, 3.63) is 58.1 Å². The molecule has 1 aromatic carbocycles. The molecule has 0 radical (unpaired) electrons. The summed E-state index contributed by atoms with van der Waals surface area (Å²) in [6.07, 6.45) is 1.99. The maximum Gasteiger partial charge on any atom is 0.246 e. The molecule has 2 aromatic rings. The Bertz CT molecular complexity index is 827. The molecule has 1 aliphatic heterocycles. The number of carbonyl (C=O) groups is 2. The lowest BCUT2D eigenvalue weighted by atomic mass is 9.99. The third kappa shape index (κ3) is 4.08.